The lowest BCUT2D eigenvalue weighted by Gasteiger charge is -2.44. The smallest absolute Gasteiger partial charge is 0.276 e. The van der Waals surface area contributed by atoms with Crippen molar-refractivity contribution in [2.45, 2.75) is 30.2 Å². The molecule has 2 heterocycles. The molecule has 13 heteroatoms. The van der Waals surface area contributed by atoms with Crippen LogP contribution in [0.15, 0.2) is 58.7 Å². The summed E-state index contributed by atoms with van der Waals surface area (Å²) in [6.45, 7) is 2.25. The summed E-state index contributed by atoms with van der Waals surface area (Å²) in [7, 11) is -4.17. The van der Waals surface area contributed by atoms with Gasteiger partial charge in [0, 0.05) is 30.7 Å². The molecule has 38 heavy (non-hydrogen) atoms. The molecule has 3 aromatic rings. The van der Waals surface area contributed by atoms with Crippen molar-refractivity contribution in [3.05, 3.63) is 88.1 Å². The fourth-order valence-electron chi connectivity index (χ4n) is 4.58. The van der Waals surface area contributed by atoms with Crippen molar-refractivity contribution in [2.24, 2.45) is 5.10 Å². The van der Waals surface area contributed by atoms with E-state index in [-0.39, 0.29) is 41.2 Å². The predicted octanol–water partition coefficient (Wildman–Crippen LogP) is 4.59. The molecule has 2 aromatic carbocycles. The monoisotopic (exact) mass is 567 g/mol. The Morgan fingerprint density at radius 3 is 2.29 bits per heavy atom. The Bertz CT molecular complexity index is 1510. The van der Waals surface area contributed by atoms with Gasteiger partial charge in [-0.2, -0.15) is 13.2 Å². The summed E-state index contributed by atoms with van der Waals surface area (Å²) in [4.78, 5) is 9.15. The predicted molar refractivity (Wildman–Crippen MR) is 134 cm³/mol. The Kier molecular flexibility index (Phi) is 6.72. The average molecular weight is 568 g/mol. The highest BCUT2D eigenvalue weighted by Gasteiger charge is 2.53. The van der Waals surface area contributed by atoms with Gasteiger partial charge in [-0.25, -0.2) is 22.5 Å². The molecule has 7 nitrogen and oxygen atoms in total. The molecule has 200 valence electrons. The topological polar surface area (TPSA) is 77.9 Å². The van der Waals surface area contributed by atoms with Crippen molar-refractivity contribution in [3.8, 4) is 0 Å². The molecule has 0 amide bonds. The molecule has 2 aliphatic rings. The molecule has 1 aliphatic heterocycles. The lowest BCUT2D eigenvalue weighted by Crippen LogP contribution is -2.58. The summed E-state index contributed by atoms with van der Waals surface area (Å²) in [6.07, 6.45) is 2.04. The van der Waals surface area contributed by atoms with Crippen molar-refractivity contribution in [3.63, 3.8) is 0 Å². The van der Waals surface area contributed by atoms with E-state index >= 15 is 8.78 Å². The van der Waals surface area contributed by atoms with Gasteiger partial charge in [-0.05, 0) is 44.0 Å². The quantitative estimate of drug-likeness (QED) is 0.211. The second-order valence-corrected chi connectivity index (χ2v) is 11.4. The second kappa shape index (κ2) is 9.73. The summed E-state index contributed by atoms with van der Waals surface area (Å²) < 4.78 is 83.9. The summed E-state index contributed by atoms with van der Waals surface area (Å²) in [5.41, 5.74) is -0.432. The fourth-order valence-corrected chi connectivity index (χ4v) is 5.58. The number of amidine groups is 1. The number of hydrogen-bond acceptors (Lipinski definition) is 5. The summed E-state index contributed by atoms with van der Waals surface area (Å²) in [5, 5.41) is 3.85. The number of nitrogens with zero attached hydrogens (tertiary/aromatic N) is 4. The van der Waals surface area contributed by atoms with E-state index in [0.29, 0.717) is 12.8 Å². The molecule has 1 saturated carbocycles. The lowest BCUT2D eigenvalue weighted by atomic mass is 10.1. The molecule has 1 saturated heterocycles. The molecular weight excluding hydrogens is 546 g/mol. The van der Waals surface area contributed by atoms with Crippen LogP contribution in [0.2, 0.25) is 5.02 Å². The molecule has 2 fully saturated rings. The van der Waals surface area contributed by atoms with Gasteiger partial charge >= 0.3 is 0 Å². The molecule has 0 radical (unpaired) electrons. The van der Waals surface area contributed by atoms with Gasteiger partial charge < -0.3 is 9.80 Å². The minimum Gasteiger partial charge on any atom is -0.350 e. The van der Waals surface area contributed by atoms with Gasteiger partial charge in [0.1, 0.15) is 17.5 Å². The molecule has 0 atom stereocenters. The maximum absolute atomic E-state index is 15.1. The minimum atomic E-state index is -4.17. The van der Waals surface area contributed by atoms with Gasteiger partial charge in [-0.15, -0.1) is 5.10 Å². The van der Waals surface area contributed by atoms with E-state index in [4.69, 9.17) is 11.6 Å². The number of anilines is 1. The fraction of sp³-hybridized carbons (Fsp3) is 0.280. The summed E-state index contributed by atoms with van der Waals surface area (Å²) in [5.74, 6) is -3.99. The van der Waals surface area contributed by atoms with Crippen LogP contribution in [-0.4, -0.2) is 49.3 Å². The van der Waals surface area contributed by atoms with Crippen LogP contribution < -0.4 is 9.73 Å². The van der Waals surface area contributed by atoms with Crippen LogP contribution in [0.1, 0.15) is 24.0 Å². The summed E-state index contributed by atoms with van der Waals surface area (Å²) in [6, 6.07) is 8.57. The van der Waals surface area contributed by atoms with E-state index in [1.54, 1.807) is 28.9 Å². The van der Waals surface area contributed by atoms with E-state index in [0.717, 1.165) is 30.0 Å². The Labute approximate surface area is 221 Å². The number of sulfonamides is 1. The third-order valence-corrected chi connectivity index (χ3v) is 8.10. The Balaban J connectivity index is 1.53. The van der Waals surface area contributed by atoms with Crippen molar-refractivity contribution < 1.29 is 26.0 Å². The number of rotatable bonds is 5. The van der Waals surface area contributed by atoms with Crippen molar-refractivity contribution in [1.82, 2.24) is 14.7 Å². The highest BCUT2D eigenvalue weighted by Crippen LogP contribution is 2.46. The second-order valence-electron chi connectivity index (χ2n) is 9.34. The number of hydrogen-bond donors (Lipinski definition) is 1. The highest BCUT2D eigenvalue weighted by atomic mass is 35.5. The first-order valence-corrected chi connectivity index (χ1v) is 13.5. The largest absolute Gasteiger partial charge is 0.350 e. The third kappa shape index (κ3) is 5.02. The van der Waals surface area contributed by atoms with E-state index in [9.17, 15) is 17.2 Å². The number of piperazine rings is 1. The van der Waals surface area contributed by atoms with Gasteiger partial charge in [0.25, 0.3) is 10.0 Å². The Morgan fingerprint density at radius 2 is 1.68 bits per heavy atom. The average Bonchev–Trinajstić information content (AvgIpc) is 3.60. The van der Waals surface area contributed by atoms with Crippen LogP contribution in [0.25, 0.3) is 0 Å². The van der Waals surface area contributed by atoms with Gasteiger partial charge in [0.05, 0.1) is 22.2 Å². The number of hydrazone groups is 1. The summed E-state index contributed by atoms with van der Waals surface area (Å²) >= 11 is 5.82. The molecule has 1 aromatic heterocycles. The molecule has 1 spiro atoms. The molecule has 0 unspecified atom stereocenters. The van der Waals surface area contributed by atoms with E-state index in [1.165, 1.54) is 12.1 Å². The first-order chi connectivity index (χ1) is 18.0. The Morgan fingerprint density at radius 1 is 1.03 bits per heavy atom. The third-order valence-electron chi connectivity index (χ3n) is 6.66. The number of benzene rings is 2. The van der Waals surface area contributed by atoms with Crippen molar-refractivity contribution in [1.29, 1.82) is 0 Å². The SMILES string of the molecule is Cc1ccc(S(=O)(=O)N/N=C(/c2c(F)cc(Cl)cc2F)N2CCN(c3ncc(F)cc3F)CC23CC3)cc1. The van der Waals surface area contributed by atoms with Crippen LogP contribution >= 0.6 is 11.6 Å². The van der Waals surface area contributed by atoms with Crippen LogP contribution in [-0.2, 0) is 10.0 Å². The van der Waals surface area contributed by atoms with Gasteiger partial charge in [-0.3, -0.25) is 0 Å². The highest BCUT2D eigenvalue weighted by molar-refractivity contribution is 7.89. The van der Waals surface area contributed by atoms with E-state index < -0.39 is 44.4 Å². The molecule has 1 N–H and O–H groups in total. The van der Waals surface area contributed by atoms with E-state index in [2.05, 4.69) is 14.9 Å². The molecule has 5 rings (SSSR count). The van der Waals surface area contributed by atoms with Crippen LogP contribution in [0.3, 0.4) is 0 Å². The first kappa shape index (κ1) is 26.2. The maximum atomic E-state index is 15.1. The Hall–Kier alpha value is -3.38. The van der Waals surface area contributed by atoms with Crippen molar-refractivity contribution >= 4 is 33.3 Å². The zero-order chi connectivity index (χ0) is 27.2. The maximum Gasteiger partial charge on any atom is 0.276 e. The lowest BCUT2D eigenvalue weighted by molar-refractivity contribution is 0.256. The first-order valence-electron chi connectivity index (χ1n) is 11.6. The molecular formula is C25H22ClF4N5O2S. The van der Waals surface area contributed by atoms with Gasteiger partial charge in [0.15, 0.2) is 17.5 Å². The van der Waals surface area contributed by atoms with E-state index in [1.807, 2.05) is 0 Å². The standard InChI is InChI=1S/C25H22ClF4N5O2S/c1-15-2-4-18(5-3-15)38(36,37)33-32-24(22-19(28)10-16(26)11-20(22)29)35-9-8-34(14-25(35)6-7-25)23-21(30)12-17(27)13-31-23/h2-5,10-13,33H,6-9,14H2,1H3/b32-24-. The molecule has 1 aliphatic carbocycles. The molecule has 0 bridgehead atoms. The van der Waals surface area contributed by atoms with Crippen LogP contribution in [0, 0.1) is 30.2 Å². The van der Waals surface area contributed by atoms with Crippen molar-refractivity contribution in [2.75, 3.05) is 24.5 Å². The number of halogens is 5. The van der Waals surface area contributed by atoms with Crippen LogP contribution in [0.4, 0.5) is 23.4 Å². The minimum absolute atomic E-state index is 0.0419. The van der Waals surface area contributed by atoms with Gasteiger partial charge in [0.2, 0.25) is 0 Å². The number of nitrogens with one attached hydrogen (secondary N) is 1. The zero-order valence-corrected chi connectivity index (χ0v) is 21.6. The van der Waals surface area contributed by atoms with Gasteiger partial charge in [-0.1, -0.05) is 29.3 Å². The number of aryl methyl sites for hydroxylation is 1. The zero-order valence-electron chi connectivity index (χ0n) is 20.1. The number of pyridine rings is 1. The normalized spacial score (nSPS) is 17.2. The number of aromatic nitrogens is 1. The van der Waals surface area contributed by atoms with Crippen LogP contribution in [0.5, 0.6) is 0 Å².